The molecular formula is C14H23N3O2. The molecule has 0 aromatic heterocycles. The maximum absolute atomic E-state index is 12.0. The lowest BCUT2D eigenvalue weighted by Crippen LogP contribution is -2.38. The number of anilines is 1. The van der Waals surface area contributed by atoms with Gasteiger partial charge >= 0.3 is 0 Å². The van der Waals surface area contributed by atoms with Crippen LogP contribution in [0.3, 0.4) is 0 Å². The van der Waals surface area contributed by atoms with Crippen LogP contribution in [-0.4, -0.2) is 50.7 Å². The second-order valence-electron chi connectivity index (χ2n) is 4.42. The van der Waals surface area contributed by atoms with Crippen LogP contribution in [0.4, 0.5) is 5.69 Å². The Morgan fingerprint density at radius 1 is 1.37 bits per heavy atom. The zero-order valence-corrected chi connectivity index (χ0v) is 11.7. The fraction of sp³-hybridized carbons (Fsp3) is 0.500. The molecule has 0 aliphatic carbocycles. The summed E-state index contributed by atoms with van der Waals surface area (Å²) in [5.41, 5.74) is 7.45. The molecule has 0 saturated heterocycles. The summed E-state index contributed by atoms with van der Waals surface area (Å²) >= 11 is 0. The van der Waals surface area contributed by atoms with Crippen LogP contribution in [0, 0.1) is 6.92 Å². The molecular weight excluding hydrogens is 242 g/mol. The minimum atomic E-state index is -0.0288. The van der Waals surface area contributed by atoms with E-state index in [1.807, 2.05) is 36.1 Å². The second kappa shape index (κ2) is 8.63. The van der Waals surface area contributed by atoms with Gasteiger partial charge in [-0.2, -0.15) is 0 Å². The van der Waals surface area contributed by atoms with Gasteiger partial charge in [-0.15, -0.1) is 0 Å². The number of methoxy groups -OCH3 is 1. The van der Waals surface area contributed by atoms with Crippen molar-refractivity contribution in [2.75, 3.05) is 45.2 Å². The Kier molecular flexibility index (Phi) is 7.10. The zero-order valence-electron chi connectivity index (χ0n) is 11.7. The summed E-state index contributed by atoms with van der Waals surface area (Å²) in [7, 11) is 1.65. The summed E-state index contributed by atoms with van der Waals surface area (Å²) in [6.45, 7) is 4.81. The van der Waals surface area contributed by atoms with Gasteiger partial charge in [0, 0.05) is 32.4 Å². The number of carbonyl (C=O) groups is 1. The van der Waals surface area contributed by atoms with Crippen molar-refractivity contribution in [2.24, 2.45) is 5.73 Å². The standard InChI is InChI=1S/C14H23N3O2/c1-12-5-3-4-6-13(12)16-14(18)11-17(8-7-15)9-10-19-2/h3-6H,7-11,15H2,1-2H3,(H,16,18). The van der Waals surface area contributed by atoms with Gasteiger partial charge < -0.3 is 15.8 Å². The highest BCUT2D eigenvalue weighted by Crippen LogP contribution is 2.12. The molecule has 1 rings (SSSR count). The van der Waals surface area contributed by atoms with Gasteiger partial charge in [-0.3, -0.25) is 9.69 Å². The molecule has 0 fully saturated rings. The first-order valence-corrected chi connectivity index (χ1v) is 6.44. The molecule has 5 heteroatoms. The molecule has 0 atom stereocenters. The smallest absolute Gasteiger partial charge is 0.238 e. The average Bonchev–Trinajstić information content (AvgIpc) is 2.39. The first-order valence-electron chi connectivity index (χ1n) is 6.44. The first-order chi connectivity index (χ1) is 9.17. The second-order valence-corrected chi connectivity index (χ2v) is 4.42. The van der Waals surface area contributed by atoms with E-state index in [1.165, 1.54) is 0 Å². The molecule has 106 valence electrons. The third kappa shape index (κ3) is 5.83. The fourth-order valence-electron chi connectivity index (χ4n) is 1.78. The predicted octanol–water partition coefficient (Wildman–Crippen LogP) is 0.841. The van der Waals surface area contributed by atoms with Gasteiger partial charge in [-0.05, 0) is 18.6 Å². The van der Waals surface area contributed by atoms with Crippen molar-refractivity contribution in [2.45, 2.75) is 6.92 Å². The molecule has 1 aromatic rings. The Labute approximate surface area is 114 Å². The molecule has 0 bridgehead atoms. The SMILES string of the molecule is COCCN(CCN)CC(=O)Nc1ccccc1C. The van der Waals surface area contributed by atoms with Crippen molar-refractivity contribution in [1.82, 2.24) is 4.90 Å². The van der Waals surface area contributed by atoms with Gasteiger partial charge in [-0.25, -0.2) is 0 Å². The molecule has 0 aliphatic heterocycles. The van der Waals surface area contributed by atoms with Crippen molar-refractivity contribution in [3.63, 3.8) is 0 Å². The molecule has 0 saturated carbocycles. The van der Waals surface area contributed by atoms with Crippen LogP contribution in [0.15, 0.2) is 24.3 Å². The number of nitrogens with one attached hydrogen (secondary N) is 1. The molecule has 5 nitrogen and oxygen atoms in total. The lowest BCUT2D eigenvalue weighted by Gasteiger charge is -2.20. The van der Waals surface area contributed by atoms with E-state index in [9.17, 15) is 4.79 Å². The number of nitrogens with two attached hydrogens (primary N) is 1. The van der Waals surface area contributed by atoms with Crippen LogP contribution < -0.4 is 11.1 Å². The average molecular weight is 265 g/mol. The highest BCUT2D eigenvalue weighted by molar-refractivity contribution is 5.92. The van der Waals surface area contributed by atoms with Gasteiger partial charge in [0.1, 0.15) is 0 Å². The van der Waals surface area contributed by atoms with E-state index in [4.69, 9.17) is 10.5 Å². The number of hydrogen-bond acceptors (Lipinski definition) is 4. The van der Waals surface area contributed by atoms with Gasteiger partial charge in [0.05, 0.1) is 13.2 Å². The third-order valence-electron chi connectivity index (χ3n) is 2.84. The van der Waals surface area contributed by atoms with E-state index < -0.39 is 0 Å². The van der Waals surface area contributed by atoms with Crippen LogP contribution in [0.5, 0.6) is 0 Å². The zero-order chi connectivity index (χ0) is 14.1. The number of rotatable bonds is 8. The van der Waals surface area contributed by atoms with Crippen LogP contribution in [0.1, 0.15) is 5.56 Å². The van der Waals surface area contributed by atoms with Gasteiger partial charge in [-0.1, -0.05) is 18.2 Å². The summed E-state index contributed by atoms with van der Waals surface area (Å²) in [4.78, 5) is 14.0. The van der Waals surface area contributed by atoms with Crippen LogP contribution >= 0.6 is 0 Å². The Balaban J connectivity index is 2.50. The molecule has 0 spiro atoms. The number of carbonyl (C=O) groups excluding carboxylic acids is 1. The minimum Gasteiger partial charge on any atom is -0.383 e. The molecule has 0 radical (unpaired) electrons. The van der Waals surface area contributed by atoms with Gasteiger partial charge in [0.2, 0.25) is 5.91 Å². The third-order valence-corrected chi connectivity index (χ3v) is 2.84. The number of nitrogens with zero attached hydrogens (tertiary/aromatic N) is 1. The van der Waals surface area contributed by atoms with Crippen LogP contribution in [0.25, 0.3) is 0 Å². The summed E-state index contributed by atoms with van der Waals surface area (Å²) in [5.74, 6) is -0.0288. The number of para-hydroxylation sites is 1. The number of benzene rings is 1. The number of ether oxygens (including phenoxy) is 1. The molecule has 3 N–H and O–H groups in total. The van der Waals surface area contributed by atoms with E-state index in [2.05, 4.69) is 5.32 Å². The highest BCUT2D eigenvalue weighted by Gasteiger charge is 2.10. The van der Waals surface area contributed by atoms with Crippen molar-refractivity contribution in [3.8, 4) is 0 Å². The lowest BCUT2D eigenvalue weighted by molar-refractivity contribution is -0.117. The number of aryl methyl sites for hydroxylation is 1. The quantitative estimate of drug-likeness (QED) is 0.731. The maximum Gasteiger partial charge on any atom is 0.238 e. The van der Waals surface area contributed by atoms with Crippen LogP contribution in [0.2, 0.25) is 0 Å². The van der Waals surface area contributed by atoms with Crippen LogP contribution in [-0.2, 0) is 9.53 Å². The summed E-state index contributed by atoms with van der Waals surface area (Å²) in [5, 5.41) is 2.91. The largest absolute Gasteiger partial charge is 0.383 e. The van der Waals surface area contributed by atoms with Crippen molar-refractivity contribution in [3.05, 3.63) is 29.8 Å². The van der Waals surface area contributed by atoms with Gasteiger partial charge in [0.25, 0.3) is 0 Å². The van der Waals surface area contributed by atoms with Crippen molar-refractivity contribution < 1.29 is 9.53 Å². The summed E-state index contributed by atoms with van der Waals surface area (Å²) in [6.07, 6.45) is 0. The minimum absolute atomic E-state index is 0.0288. The van der Waals surface area contributed by atoms with Gasteiger partial charge in [0.15, 0.2) is 0 Å². The van der Waals surface area contributed by atoms with E-state index in [1.54, 1.807) is 7.11 Å². The van der Waals surface area contributed by atoms with E-state index >= 15 is 0 Å². The van der Waals surface area contributed by atoms with E-state index in [0.29, 0.717) is 32.8 Å². The maximum atomic E-state index is 12.0. The van der Waals surface area contributed by atoms with Crippen molar-refractivity contribution in [1.29, 1.82) is 0 Å². The van der Waals surface area contributed by atoms with Crippen molar-refractivity contribution >= 4 is 11.6 Å². The van der Waals surface area contributed by atoms with E-state index in [0.717, 1.165) is 11.3 Å². The predicted molar refractivity (Wildman–Crippen MR) is 77.2 cm³/mol. The molecule has 19 heavy (non-hydrogen) atoms. The molecule has 0 aliphatic rings. The molecule has 1 amide bonds. The molecule has 0 unspecified atom stereocenters. The Morgan fingerprint density at radius 2 is 2.11 bits per heavy atom. The topological polar surface area (TPSA) is 67.6 Å². The molecule has 1 aromatic carbocycles. The normalized spacial score (nSPS) is 10.7. The Morgan fingerprint density at radius 3 is 2.74 bits per heavy atom. The Hall–Kier alpha value is -1.43. The molecule has 0 heterocycles. The lowest BCUT2D eigenvalue weighted by atomic mass is 10.2. The fourth-order valence-corrected chi connectivity index (χ4v) is 1.78. The number of hydrogen-bond donors (Lipinski definition) is 2. The van der Waals surface area contributed by atoms with E-state index in [-0.39, 0.29) is 5.91 Å². The Bertz CT molecular complexity index is 396. The monoisotopic (exact) mass is 265 g/mol. The number of amides is 1. The summed E-state index contributed by atoms with van der Waals surface area (Å²) < 4.78 is 5.02. The summed E-state index contributed by atoms with van der Waals surface area (Å²) in [6, 6.07) is 7.73. The first kappa shape index (κ1) is 15.6. The highest BCUT2D eigenvalue weighted by atomic mass is 16.5.